The van der Waals surface area contributed by atoms with Gasteiger partial charge in [0.25, 0.3) is 0 Å². The molecule has 1 aromatic carbocycles. The van der Waals surface area contributed by atoms with Crippen molar-refractivity contribution in [2.75, 3.05) is 37.1 Å². The number of aryl methyl sites for hydroxylation is 2. The van der Waals surface area contributed by atoms with Gasteiger partial charge in [-0.15, -0.1) is 0 Å². The van der Waals surface area contributed by atoms with Crippen LogP contribution in [0.5, 0.6) is 0 Å². The summed E-state index contributed by atoms with van der Waals surface area (Å²) in [6.45, 7) is 5.15. The van der Waals surface area contributed by atoms with Crippen LogP contribution in [0, 0.1) is 13.8 Å². The Bertz CT molecular complexity index is 654. The molecule has 1 aromatic rings. The fourth-order valence-electron chi connectivity index (χ4n) is 2.90. The molecule has 2 rings (SSSR count). The number of ether oxygens (including phenoxy) is 1. The molecule has 5 nitrogen and oxygen atoms in total. The number of rotatable bonds is 5. The second-order valence-corrected chi connectivity index (χ2v) is 8.67. The Balaban J connectivity index is 2.13. The lowest BCUT2D eigenvalue weighted by Gasteiger charge is -2.31. The summed E-state index contributed by atoms with van der Waals surface area (Å²) in [6, 6.07) is 6.07. The second kappa shape index (κ2) is 7.59. The molecule has 0 aromatic heterocycles. The van der Waals surface area contributed by atoms with Gasteiger partial charge in [-0.25, -0.2) is 8.42 Å². The molecule has 1 heterocycles. The molecule has 0 aliphatic carbocycles. The van der Waals surface area contributed by atoms with Gasteiger partial charge in [0.15, 0.2) is 14.9 Å². The third-order valence-electron chi connectivity index (χ3n) is 3.92. The first-order valence-corrected chi connectivity index (χ1v) is 9.89. The molecule has 1 fully saturated rings. The molecule has 1 aliphatic rings. The van der Waals surface area contributed by atoms with Gasteiger partial charge < -0.3 is 15.0 Å². The lowest BCUT2D eigenvalue weighted by atomic mass is 10.1. The highest BCUT2D eigenvalue weighted by Gasteiger charge is 2.33. The molecule has 0 unspecified atom stereocenters. The zero-order chi connectivity index (χ0) is 17.0. The molecule has 128 valence electrons. The number of nitrogens with zero attached hydrogens (tertiary/aromatic N) is 1. The highest BCUT2D eigenvalue weighted by Crippen LogP contribution is 2.20. The van der Waals surface area contributed by atoms with Gasteiger partial charge in [0.05, 0.1) is 18.1 Å². The molecule has 0 radical (unpaired) electrons. The molecule has 23 heavy (non-hydrogen) atoms. The SMILES string of the molecule is COCCN(C(=S)Nc1cc(C)cc(C)c1)[C@@H]1CCS(=O)(=O)C1. The molecule has 7 heteroatoms. The Morgan fingerprint density at radius 1 is 1.35 bits per heavy atom. The summed E-state index contributed by atoms with van der Waals surface area (Å²) >= 11 is 5.53. The van der Waals surface area contributed by atoms with Crippen molar-refractivity contribution in [3.05, 3.63) is 29.3 Å². The van der Waals surface area contributed by atoms with Crippen molar-refractivity contribution in [1.82, 2.24) is 4.90 Å². The van der Waals surface area contributed by atoms with Crippen LogP contribution in [0.4, 0.5) is 5.69 Å². The highest BCUT2D eigenvalue weighted by molar-refractivity contribution is 7.91. The zero-order valence-corrected chi connectivity index (χ0v) is 15.5. The minimum absolute atomic E-state index is 0.0824. The number of hydrogen-bond donors (Lipinski definition) is 1. The van der Waals surface area contributed by atoms with Crippen LogP contribution < -0.4 is 5.32 Å². The zero-order valence-electron chi connectivity index (χ0n) is 13.8. The second-order valence-electron chi connectivity index (χ2n) is 6.05. The lowest BCUT2D eigenvalue weighted by Crippen LogP contribution is -2.45. The van der Waals surface area contributed by atoms with Crippen molar-refractivity contribution >= 4 is 32.9 Å². The summed E-state index contributed by atoms with van der Waals surface area (Å²) in [7, 11) is -1.33. The summed E-state index contributed by atoms with van der Waals surface area (Å²) < 4.78 is 28.7. The first-order valence-electron chi connectivity index (χ1n) is 7.66. The van der Waals surface area contributed by atoms with E-state index in [0.29, 0.717) is 24.7 Å². The van der Waals surface area contributed by atoms with E-state index in [-0.39, 0.29) is 17.5 Å². The van der Waals surface area contributed by atoms with Crippen LogP contribution in [0.25, 0.3) is 0 Å². The van der Waals surface area contributed by atoms with Crippen molar-refractivity contribution in [2.24, 2.45) is 0 Å². The molecule has 1 N–H and O–H groups in total. The summed E-state index contributed by atoms with van der Waals surface area (Å²) in [5.74, 6) is 0.388. The highest BCUT2D eigenvalue weighted by atomic mass is 32.2. The maximum atomic E-state index is 11.8. The molecular formula is C16H24N2O3S2. The predicted molar refractivity (Wildman–Crippen MR) is 97.8 cm³/mol. The first kappa shape index (κ1) is 18.2. The number of anilines is 1. The van der Waals surface area contributed by atoms with E-state index in [2.05, 4.69) is 11.4 Å². The molecule has 1 aliphatic heterocycles. The third-order valence-corrected chi connectivity index (χ3v) is 6.01. The van der Waals surface area contributed by atoms with E-state index in [4.69, 9.17) is 17.0 Å². The smallest absolute Gasteiger partial charge is 0.173 e. The monoisotopic (exact) mass is 356 g/mol. The standard InChI is InChI=1S/C16H24N2O3S2/c1-12-8-13(2)10-14(9-12)17-16(22)18(5-6-21-3)15-4-7-23(19,20)11-15/h8-10,15H,4-7,11H2,1-3H3,(H,17,22)/t15-/m1/s1. The first-order chi connectivity index (χ1) is 10.8. The predicted octanol–water partition coefficient (Wildman–Crippen LogP) is 2.14. The Morgan fingerprint density at radius 3 is 2.52 bits per heavy atom. The van der Waals surface area contributed by atoms with Gasteiger partial charge in [0, 0.05) is 25.4 Å². The molecule has 0 saturated carbocycles. The van der Waals surface area contributed by atoms with Crippen molar-refractivity contribution in [3.8, 4) is 0 Å². The fourth-order valence-corrected chi connectivity index (χ4v) is 4.99. The van der Waals surface area contributed by atoms with Gasteiger partial charge >= 0.3 is 0 Å². The number of sulfone groups is 1. The van der Waals surface area contributed by atoms with E-state index < -0.39 is 9.84 Å². The average molecular weight is 357 g/mol. The molecule has 1 saturated heterocycles. The Labute approximate surface area is 143 Å². The minimum atomic E-state index is -2.96. The van der Waals surface area contributed by atoms with E-state index in [0.717, 1.165) is 16.8 Å². The molecule has 0 spiro atoms. The molecular weight excluding hydrogens is 332 g/mol. The lowest BCUT2D eigenvalue weighted by molar-refractivity contribution is 0.166. The third kappa shape index (κ3) is 5.16. The van der Waals surface area contributed by atoms with E-state index in [1.165, 1.54) is 0 Å². The molecule has 1 atom stereocenters. The normalized spacial score (nSPS) is 19.5. The van der Waals surface area contributed by atoms with E-state index in [1.54, 1.807) is 7.11 Å². The topological polar surface area (TPSA) is 58.6 Å². The quantitative estimate of drug-likeness (QED) is 0.816. The van der Waals surface area contributed by atoms with Crippen LogP contribution in [-0.2, 0) is 14.6 Å². The summed E-state index contributed by atoms with van der Waals surface area (Å²) in [5.41, 5.74) is 3.24. The van der Waals surface area contributed by atoms with E-state index >= 15 is 0 Å². The van der Waals surface area contributed by atoms with Crippen LogP contribution in [0.15, 0.2) is 18.2 Å². The number of benzene rings is 1. The Kier molecular flexibility index (Phi) is 6.00. The molecule has 0 bridgehead atoms. The van der Waals surface area contributed by atoms with Gasteiger partial charge in [-0.2, -0.15) is 0 Å². The average Bonchev–Trinajstić information content (AvgIpc) is 2.78. The van der Waals surface area contributed by atoms with E-state index in [9.17, 15) is 8.42 Å². The van der Waals surface area contributed by atoms with Crippen molar-refractivity contribution in [3.63, 3.8) is 0 Å². The maximum absolute atomic E-state index is 11.8. The van der Waals surface area contributed by atoms with Gasteiger partial charge in [-0.05, 0) is 55.7 Å². The number of nitrogens with one attached hydrogen (secondary N) is 1. The number of thiocarbonyl (C=S) groups is 1. The molecule has 0 amide bonds. The van der Waals surface area contributed by atoms with Crippen LogP contribution in [-0.4, -0.2) is 56.2 Å². The van der Waals surface area contributed by atoms with Gasteiger partial charge in [0.1, 0.15) is 0 Å². The number of methoxy groups -OCH3 is 1. The van der Waals surface area contributed by atoms with Gasteiger partial charge in [-0.3, -0.25) is 0 Å². The van der Waals surface area contributed by atoms with Gasteiger partial charge in [-0.1, -0.05) is 6.07 Å². The van der Waals surface area contributed by atoms with Crippen molar-refractivity contribution in [1.29, 1.82) is 0 Å². The summed E-state index contributed by atoms with van der Waals surface area (Å²) in [4.78, 5) is 1.95. The van der Waals surface area contributed by atoms with Crippen LogP contribution in [0.1, 0.15) is 17.5 Å². The van der Waals surface area contributed by atoms with E-state index in [1.807, 2.05) is 30.9 Å². The van der Waals surface area contributed by atoms with Crippen LogP contribution in [0.2, 0.25) is 0 Å². The Morgan fingerprint density at radius 2 is 2.00 bits per heavy atom. The fraction of sp³-hybridized carbons (Fsp3) is 0.562. The van der Waals surface area contributed by atoms with Crippen LogP contribution >= 0.6 is 12.2 Å². The van der Waals surface area contributed by atoms with Crippen molar-refractivity contribution in [2.45, 2.75) is 26.3 Å². The maximum Gasteiger partial charge on any atom is 0.173 e. The van der Waals surface area contributed by atoms with Gasteiger partial charge in [0.2, 0.25) is 0 Å². The van der Waals surface area contributed by atoms with Crippen LogP contribution in [0.3, 0.4) is 0 Å². The number of hydrogen-bond acceptors (Lipinski definition) is 4. The largest absolute Gasteiger partial charge is 0.383 e. The Hall–Kier alpha value is -1.18. The minimum Gasteiger partial charge on any atom is -0.383 e. The summed E-state index contributed by atoms with van der Waals surface area (Å²) in [6.07, 6.45) is 0.612. The summed E-state index contributed by atoms with van der Waals surface area (Å²) in [5, 5.41) is 3.79. The van der Waals surface area contributed by atoms with Crippen molar-refractivity contribution < 1.29 is 13.2 Å².